The van der Waals surface area contributed by atoms with E-state index >= 15 is 0 Å². The normalized spacial score (nSPS) is 15.2. The summed E-state index contributed by atoms with van der Waals surface area (Å²) in [5, 5.41) is 1.56. The van der Waals surface area contributed by atoms with Crippen LogP contribution in [0.25, 0.3) is 33.4 Å². The van der Waals surface area contributed by atoms with E-state index in [1.54, 1.807) is 0 Å². The highest BCUT2D eigenvalue weighted by atomic mass is 32.2. The van der Waals surface area contributed by atoms with Crippen molar-refractivity contribution in [2.45, 2.75) is 37.5 Å². The van der Waals surface area contributed by atoms with Gasteiger partial charge < -0.3 is 18.8 Å². The lowest BCUT2D eigenvalue weighted by molar-refractivity contribution is 0.222. The highest BCUT2D eigenvalue weighted by Crippen LogP contribution is 2.43. The molecule has 1 fully saturated rings. The zero-order valence-electron chi connectivity index (χ0n) is 25.9. The minimum Gasteiger partial charge on any atom is -0.744 e. The minimum atomic E-state index is -5.09. The van der Waals surface area contributed by atoms with Crippen LogP contribution in [0.1, 0.15) is 27.7 Å². The molecule has 12 heteroatoms. The van der Waals surface area contributed by atoms with Crippen LogP contribution in [0.4, 0.5) is 5.69 Å². The number of hydrogen-bond donors (Lipinski definition) is 0. The van der Waals surface area contributed by atoms with Crippen LogP contribution in [-0.2, 0) is 20.1 Å². The van der Waals surface area contributed by atoms with Crippen molar-refractivity contribution < 1.29 is 25.8 Å². The van der Waals surface area contributed by atoms with Crippen molar-refractivity contribution in [1.82, 2.24) is 13.8 Å². The number of likely N-dealkylation sites (N-methyl/N-ethyl adjacent to an activating group) is 1. The van der Waals surface area contributed by atoms with Crippen LogP contribution in [-0.4, -0.2) is 90.0 Å². The van der Waals surface area contributed by atoms with Crippen LogP contribution in [0.15, 0.2) is 68.8 Å². The van der Waals surface area contributed by atoms with E-state index in [2.05, 4.69) is 37.2 Å². The number of benzene rings is 3. The van der Waals surface area contributed by atoms with Crippen LogP contribution in [0.2, 0.25) is 0 Å². The topological polar surface area (TPSA) is 117 Å². The third kappa shape index (κ3) is 6.01. The van der Waals surface area contributed by atoms with E-state index < -0.39 is 25.0 Å². The largest absolute Gasteiger partial charge is 0.744 e. The molecular weight excluding hydrogens is 601 g/mol. The van der Waals surface area contributed by atoms with Crippen molar-refractivity contribution >= 4 is 36.8 Å². The van der Waals surface area contributed by atoms with Crippen LogP contribution in [0.5, 0.6) is 0 Å². The van der Waals surface area contributed by atoms with Gasteiger partial charge in [-0.3, -0.25) is 0 Å². The highest BCUT2D eigenvalue weighted by Gasteiger charge is 2.30. The van der Waals surface area contributed by atoms with Crippen LogP contribution in [0.3, 0.4) is 0 Å². The van der Waals surface area contributed by atoms with Crippen LogP contribution < -0.4 is 14.8 Å². The van der Waals surface area contributed by atoms with E-state index in [0.29, 0.717) is 40.9 Å². The summed E-state index contributed by atoms with van der Waals surface area (Å²) in [5.74, 6) is 0.525. The Morgan fingerprint density at radius 3 is 2.11 bits per heavy atom. The molecule has 10 nitrogen and oxygen atoms in total. The molecule has 0 aromatic heterocycles. The Bertz CT molecular complexity index is 1940. The van der Waals surface area contributed by atoms with E-state index in [1.165, 1.54) is 16.4 Å². The van der Waals surface area contributed by atoms with Gasteiger partial charge in [0.2, 0.25) is 15.4 Å². The summed E-state index contributed by atoms with van der Waals surface area (Å²) in [5.41, 5.74) is 2.72. The molecule has 3 aliphatic rings. The van der Waals surface area contributed by atoms with Crippen LogP contribution >= 0.6 is 0 Å². The fraction of sp³-hybridized carbons (Fsp3) is 0.406. The number of hydrogen-bond acceptors (Lipinski definition) is 8. The number of piperazine rings is 1. The molecule has 0 unspecified atom stereocenters. The van der Waals surface area contributed by atoms with Crippen molar-refractivity contribution in [2.75, 3.05) is 64.3 Å². The van der Waals surface area contributed by atoms with Gasteiger partial charge in [-0.15, -0.1) is 0 Å². The molecule has 0 saturated carbocycles. The Kier molecular flexibility index (Phi) is 9.20. The Morgan fingerprint density at radius 1 is 0.841 bits per heavy atom. The fourth-order valence-electron chi connectivity index (χ4n) is 5.98. The molecule has 44 heavy (non-hydrogen) atoms. The lowest BCUT2D eigenvalue weighted by atomic mass is 9.93. The maximum atomic E-state index is 13.5. The maximum absolute atomic E-state index is 13.5. The summed E-state index contributed by atoms with van der Waals surface area (Å²) in [4.78, 5) is 3.40. The first kappa shape index (κ1) is 32.1. The molecule has 0 atom stereocenters. The van der Waals surface area contributed by atoms with Gasteiger partial charge >= 0.3 is 0 Å². The van der Waals surface area contributed by atoms with E-state index in [0.717, 1.165) is 43.3 Å². The van der Waals surface area contributed by atoms with Crippen molar-refractivity contribution in [2.24, 2.45) is 0 Å². The fourth-order valence-corrected chi connectivity index (χ4v) is 8.22. The van der Waals surface area contributed by atoms with Gasteiger partial charge in [-0.05, 0) is 65.1 Å². The first-order valence-corrected chi connectivity index (χ1v) is 17.9. The molecule has 236 valence electrons. The predicted molar refractivity (Wildman–Crippen MR) is 172 cm³/mol. The molecule has 0 N–H and O–H groups in total. The van der Waals surface area contributed by atoms with E-state index in [4.69, 9.17) is 4.42 Å². The number of rotatable bonds is 9. The van der Waals surface area contributed by atoms with Gasteiger partial charge in [0, 0.05) is 79.2 Å². The van der Waals surface area contributed by atoms with Crippen molar-refractivity contribution in [3.8, 4) is 22.5 Å². The highest BCUT2D eigenvalue weighted by molar-refractivity contribution is 7.89. The summed E-state index contributed by atoms with van der Waals surface area (Å²) in [6.07, 6.45) is 0. The van der Waals surface area contributed by atoms with E-state index in [-0.39, 0.29) is 23.5 Å². The quantitative estimate of drug-likeness (QED) is 0.155. The Balaban J connectivity index is 1.81. The third-order valence-corrected chi connectivity index (χ3v) is 11.3. The zero-order chi connectivity index (χ0) is 31.8. The second kappa shape index (κ2) is 12.6. The summed E-state index contributed by atoms with van der Waals surface area (Å²) >= 11 is 0. The molecule has 2 aromatic rings. The zero-order valence-corrected chi connectivity index (χ0v) is 27.5. The number of fused-ring (bicyclic) bond motifs is 2. The van der Waals surface area contributed by atoms with Crippen molar-refractivity contribution in [1.29, 1.82) is 0 Å². The lowest BCUT2D eigenvalue weighted by Gasteiger charge is -2.31. The molecule has 2 aromatic carbocycles. The summed E-state index contributed by atoms with van der Waals surface area (Å²) in [6, 6.07) is 15.3. The minimum absolute atomic E-state index is 0.134. The Hall–Kier alpha value is -3.29. The third-order valence-electron chi connectivity index (χ3n) is 8.54. The second-order valence-corrected chi connectivity index (χ2v) is 14.3. The Labute approximate surface area is 260 Å². The second-order valence-electron chi connectivity index (χ2n) is 11.0. The standard InChI is InChI=1S/C32H40N4O6S2/c1-6-34(7-2)23-10-13-26-29(20-23)42-30-21-24(35(8-3)9-4)11-14-27(30)32(26)28-15-12-25(22-31(28)44(39,40)41)43(37,38)36-18-16-33(5)17-19-36/h10-15,20-22H,6-9,16-19H2,1-5H3. The average molecular weight is 641 g/mol. The van der Waals surface area contributed by atoms with Gasteiger partial charge in [-0.1, -0.05) is 6.07 Å². The Morgan fingerprint density at radius 2 is 1.50 bits per heavy atom. The number of anilines is 1. The molecule has 2 heterocycles. The van der Waals surface area contributed by atoms with Crippen LogP contribution in [0, 0.1) is 0 Å². The van der Waals surface area contributed by atoms with Crippen molar-refractivity contribution in [3.05, 3.63) is 60.0 Å². The summed E-state index contributed by atoms with van der Waals surface area (Å²) in [6.45, 7) is 13.1. The molecule has 0 bridgehead atoms. The van der Waals surface area contributed by atoms with Crippen molar-refractivity contribution in [3.63, 3.8) is 0 Å². The molecule has 0 spiro atoms. The average Bonchev–Trinajstić information content (AvgIpc) is 3.00. The maximum Gasteiger partial charge on any atom is 0.243 e. The first-order chi connectivity index (χ1) is 20.9. The summed E-state index contributed by atoms with van der Waals surface area (Å²) < 4.78 is 75.6. The number of nitrogens with zero attached hydrogens (tertiary/aromatic N) is 4. The van der Waals surface area contributed by atoms with Gasteiger partial charge in [0.25, 0.3) is 0 Å². The molecule has 1 saturated heterocycles. The smallest absolute Gasteiger partial charge is 0.243 e. The number of sulfonamides is 1. The van der Waals surface area contributed by atoms with Gasteiger partial charge in [-0.25, -0.2) is 21.4 Å². The molecule has 0 amide bonds. The monoisotopic (exact) mass is 640 g/mol. The molecule has 0 radical (unpaired) electrons. The first-order valence-electron chi connectivity index (χ1n) is 15.0. The molecular formula is C32H40N4O6S2. The van der Waals surface area contributed by atoms with E-state index in [9.17, 15) is 21.4 Å². The predicted octanol–water partition coefficient (Wildman–Crippen LogP) is 3.70. The SMILES string of the molecule is CCN(CC)c1ccc2c(-c3ccc(S(=O)(=O)N4CCN(C)CC4)cc3S(=O)(=O)[O-])c3ccc(=[N+](CC)CC)cc-3oc2c1. The summed E-state index contributed by atoms with van der Waals surface area (Å²) in [7, 11) is -7.19. The van der Waals surface area contributed by atoms with Gasteiger partial charge in [0.15, 0.2) is 0 Å². The molecule has 2 aliphatic heterocycles. The van der Waals surface area contributed by atoms with Gasteiger partial charge in [-0.2, -0.15) is 4.31 Å². The van der Waals surface area contributed by atoms with Gasteiger partial charge in [0.05, 0.1) is 15.9 Å². The lowest BCUT2D eigenvalue weighted by Crippen LogP contribution is -2.47. The molecule has 1 aliphatic carbocycles. The van der Waals surface area contributed by atoms with Gasteiger partial charge in [0.1, 0.15) is 34.6 Å². The van der Waals surface area contributed by atoms with E-state index in [1.807, 2.05) is 48.3 Å². The molecule has 5 rings (SSSR count).